The van der Waals surface area contributed by atoms with E-state index in [1.807, 2.05) is 0 Å². The van der Waals surface area contributed by atoms with Crippen molar-refractivity contribution in [2.75, 3.05) is 20.8 Å². The molecule has 6 rings (SSSR count). The van der Waals surface area contributed by atoms with Gasteiger partial charge in [0.2, 0.25) is 0 Å². The Bertz CT molecular complexity index is 2130. The highest BCUT2D eigenvalue weighted by molar-refractivity contribution is 5.94. The summed E-state index contributed by atoms with van der Waals surface area (Å²) >= 11 is 0. The predicted molar refractivity (Wildman–Crippen MR) is 220 cm³/mol. The zero-order valence-electron chi connectivity index (χ0n) is 37.1. The summed E-state index contributed by atoms with van der Waals surface area (Å²) in [5.74, 6) is -5.16. The molecular weight excluding hydrogens is 822 g/mol. The Hall–Kier alpha value is -5.36. The smallest absolute Gasteiger partial charge is 0.456 e. The first-order valence-electron chi connectivity index (χ1n) is 20.7. The Kier molecular flexibility index (Phi) is 13.0. The first kappa shape index (κ1) is 47.1. The van der Waals surface area contributed by atoms with Gasteiger partial charge in [0.05, 0.1) is 36.7 Å². The minimum Gasteiger partial charge on any atom is -0.456 e. The van der Waals surface area contributed by atoms with Gasteiger partial charge in [0.15, 0.2) is 17.5 Å². The fourth-order valence-electron chi connectivity index (χ4n) is 10.1. The van der Waals surface area contributed by atoms with E-state index in [2.05, 4.69) is 5.32 Å². The van der Waals surface area contributed by atoms with E-state index < -0.39 is 119 Å². The molecule has 2 aromatic carbocycles. The number of carbonyl (C=O) groups excluding carboxylic acids is 6. The highest BCUT2D eigenvalue weighted by atomic mass is 16.7. The second-order valence-corrected chi connectivity index (χ2v) is 18.3. The third-order valence-electron chi connectivity index (χ3n) is 13.2. The lowest BCUT2D eigenvalue weighted by atomic mass is 9.44. The molecule has 3 fully saturated rings. The maximum atomic E-state index is 15.7. The van der Waals surface area contributed by atoms with Crippen LogP contribution in [0.15, 0.2) is 71.8 Å². The minimum atomic E-state index is -2.35. The number of aliphatic hydroxyl groups is 2. The summed E-state index contributed by atoms with van der Waals surface area (Å²) in [5, 5.41) is 28.0. The third kappa shape index (κ3) is 8.31. The second kappa shape index (κ2) is 17.3. The zero-order valence-corrected chi connectivity index (χ0v) is 37.1. The molecule has 1 saturated heterocycles. The number of methoxy groups -OCH3 is 2. The largest absolute Gasteiger partial charge is 0.508 e. The summed E-state index contributed by atoms with van der Waals surface area (Å²) in [6.45, 7) is 12.1. The SMILES string of the molecule is COC(=O)O[C@H]1C[C@H]2OC[C@@]2(OC(C)=O)[C@H]2[C@H](OC(=O)c3ccccc3)[C@]3(O)C[C@H](OC(=O)[C@H](O)[C@@H](NC(=O)OC(C)(C)C)c4ccccc4)C(C)=C([C@@H](OC)C(=O)[C@]12C)C3(C)C. The highest BCUT2D eigenvalue weighted by Gasteiger charge is 2.79. The summed E-state index contributed by atoms with van der Waals surface area (Å²) in [4.78, 5) is 83.4. The molecule has 11 atom stereocenters. The fourth-order valence-corrected chi connectivity index (χ4v) is 10.1. The van der Waals surface area contributed by atoms with Crippen LogP contribution in [-0.2, 0) is 52.3 Å². The van der Waals surface area contributed by atoms with E-state index in [9.17, 15) is 34.2 Å². The lowest BCUT2D eigenvalue weighted by Gasteiger charge is -2.67. The molecule has 17 nitrogen and oxygen atoms in total. The molecule has 63 heavy (non-hydrogen) atoms. The summed E-state index contributed by atoms with van der Waals surface area (Å²) < 4.78 is 46.9. The second-order valence-electron chi connectivity index (χ2n) is 18.3. The molecule has 17 heteroatoms. The maximum Gasteiger partial charge on any atom is 0.508 e. The van der Waals surface area contributed by atoms with Crippen molar-refractivity contribution in [2.24, 2.45) is 16.7 Å². The van der Waals surface area contributed by atoms with Crippen molar-refractivity contribution >= 4 is 35.9 Å². The number of hydrogen-bond acceptors (Lipinski definition) is 16. The number of ether oxygens (including phenoxy) is 8. The van der Waals surface area contributed by atoms with Crippen LogP contribution in [0, 0.1) is 16.7 Å². The molecule has 1 aliphatic heterocycles. The number of nitrogens with one attached hydrogen (secondary N) is 1. The Morgan fingerprint density at radius 1 is 0.921 bits per heavy atom. The average molecular weight is 880 g/mol. The predicted octanol–water partition coefficient (Wildman–Crippen LogP) is 4.70. The summed E-state index contributed by atoms with van der Waals surface area (Å²) in [5.41, 5.74) is -7.76. The Morgan fingerprint density at radius 3 is 2.08 bits per heavy atom. The van der Waals surface area contributed by atoms with Crippen LogP contribution >= 0.6 is 0 Å². The molecule has 2 aromatic rings. The van der Waals surface area contributed by atoms with E-state index in [1.165, 1.54) is 26.2 Å². The third-order valence-corrected chi connectivity index (χ3v) is 13.2. The van der Waals surface area contributed by atoms with Gasteiger partial charge in [-0.1, -0.05) is 62.4 Å². The van der Waals surface area contributed by atoms with E-state index >= 15 is 4.79 Å². The molecule has 0 unspecified atom stereocenters. The number of benzene rings is 2. The van der Waals surface area contributed by atoms with Gasteiger partial charge in [-0.05, 0) is 63.5 Å². The molecule has 342 valence electrons. The van der Waals surface area contributed by atoms with Crippen LogP contribution < -0.4 is 5.32 Å². The van der Waals surface area contributed by atoms with E-state index in [4.69, 9.17) is 37.9 Å². The van der Waals surface area contributed by atoms with Gasteiger partial charge in [0.25, 0.3) is 0 Å². The molecule has 0 aromatic heterocycles. The number of Topliss-reactive ketones (excluding diaryl/α,β-unsaturated/α-hetero) is 1. The number of ketones is 1. The molecular formula is C46H57NO16. The highest BCUT2D eigenvalue weighted by Crippen LogP contribution is 2.65. The topological polar surface area (TPSA) is 229 Å². The van der Waals surface area contributed by atoms with Crippen LogP contribution in [0.25, 0.3) is 0 Å². The number of esters is 3. The lowest BCUT2D eigenvalue weighted by molar-refractivity contribution is -0.346. The van der Waals surface area contributed by atoms with Gasteiger partial charge in [-0.15, -0.1) is 0 Å². The Labute approximate surface area is 365 Å². The van der Waals surface area contributed by atoms with E-state index in [-0.39, 0.29) is 29.7 Å². The molecule has 2 saturated carbocycles. The normalized spacial score (nSPS) is 31.8. The van der Waals surface area contributed by atoms with Crippen molar-refractivity contribution in [2.45, 2.75) is 128 Å². The quantitative estimate of drug-likeness (QED) is 0.167. The van der Waals surface area contributed by atoms with Crippen LogP contribution in [-0.4, -0.2) is 120 Å². The van der Waals surface area contributed by atoms with Gasteiger partial charge in [0.1, 0.15) is 41.7 Å². The van der Waals surface area contributed by atoms with Crippen molar-refractivity contribution in [3.05, 3.63) is 82.9 Å². The van der Waals surface area contributed by atoms with Crippen LogP contribution in [0.4, 0.5) is 9.59 Å². The van der Waals surface area contributed by atoms with E-state index in [1.54, 1.807) is 90.1 Å². The van der Waals surface area contributed by atoms with Gasteiger partial charge in [0, 0.05) is 32.3 Å². The number of carbonyl (C=O) groups is 6. The molecule has 1 heterocycles. The first-order valence-corrected chi connectivity index (χ1v) is 20.7. The van der Waals surface area contributed by atoms with Crippen LogP contribution in [0.3, 0.4) is 0 Å². The number of aliphatic hydroxyl groups excluding tert-OH is 1. The van der Waals surface area contributed by atoms with Gasteiger partial charge in [-0.3, -0.25) is 9.59 Å². The summed E-state index contributed by atoms with van der Waals surface area (Å²) in [7, 11) is 2.36. The van der Waals surface area contributed by atoms with Crippen LogP contribution in [0.5, 0.6) is 0 Å². The monoisotopic (exact) mass is 879 g/mol. The number of alkyl carbamates (subject to hydrolysis) is 1. The van der Waals surface area contributed by atoms with Crippen molar-refractivity contribution in [1.29, 1.82) is 0 Å². The fraction of sp³-hybridized carbons (Fsp3) is 0.565. The zero-order chi connectivity index (χ0) is 46.4. The van der Waals surface area contributed by atoms with Crippen LogP contribution in [0.2, 0.25) is 0 Å². The van der Waals surface area contributed by atoms with Crippen molar-refractivity contribution < 1.29 is 76.9 Å². The number of amides is 1. The number of hydrogen-bond donors (Lipinski definition) is 3. The molecule has 0 spiro atoms. The maximum absolute atomic E-state index is 15.7. The first-order chi connectivity index (χ1) is 29.5. The van der Waals surface area contributed by atoms with Crippen molar-refractivity contribution in [3.63, 3.8) is 0 Å². The molecule has 4 aliphatic rings. The number of rotatable bonds is 10. The van der Waals surface area contributed by atoms with Gasteiger partial charge >= 0.3 is 30.2 Å². The van der Waals surface area contributed by atoms with Gasteiger partial charge in [-0.25, -0.2) is 19.2 Å². The van der Waals surface area contributed by atoms with E-state index in [0.717, 1.165) is 14.0 Å². The van der Waals surface area contributed by atoms with Crippen LogP contribution in [0.1, 0.15) is 90.2 Å². The Balaban J connectivity index is 1.55. The molecule has 3 N–H and O–H groups in total. The molecule has 2 bridgehead atoms. The Morgan fingerprint density at radius 2 is 1.54 bits per heavy atom. The molecule has 3 aliphatic carbocycles. The number of fused-ring (bicyclic) bond motifs is 5. The van der Waals surface area contributed by atoms with E-state index in [0.29, 0.717) is 5.56 Å². The lowest BCUT2D eigenvalue weighted by Crippen LogP contribution is -2.82. The van der Waals surface area contributed by atoms with Crippen molar-refractivity contribution in [1.82, 2.24) is 5.32 Å². The summed E-state index contributed by atoms with van der Waals surface area (Å²) in [6, 6.07) is 14.7. The van der Waals surface area contributed by atoms with Gasteiger partial charge in [-0.2, -0.15) is 0 Å². The minimum absolute atomic E-state index is 0.0724. The van der Waals surface area contributed by atoms with Crippen molar-refractivity contribution in [3.8, 4) is 0 Å². The summed E-state index contributed by atoms with van der Waals surface area (Å²) in [6.07, 6.45) is -12.0. The molecule has 1 amide bonds. The van der Waals surface area contributed by atoms with Gasteiger partial charge < -0.3 is 53.4 Å². The standard InChI is InChI=1S/C46H57NO16/c1-24-28(59-39(52)33(49)32(26-17-13-11-14-18-26)47-40(53)63-42(3,4)5)22-46(55)37(61-38(51)27-19-15-12-16-20-27)35-44(8,36(50)34(56-9)31(24)43(46,6)7)29(60-41(54)57-10)21-30-45(35,23-58-30)62-25(2)48/h11-20,28-30,32-35,37,49,55H,21-23H2,1-10H3,(H,47,53)/t28-,29-,30+,32-,33+,34+,35-,37-,44+,45-,46+/m0/s1. The average Bonchev–Trinajstić information content (AvgIpc) is 3.22. The molecule has 0 radical (unpaired) electrons.